The SMILES string of the molecule is OCCCc1cnc2n[nH]nc2c1. The van der Waals surface area contributed by atoms with Crippen molar-refractivity contribution in [3.8, 4) is 0 Å². The van der Waals surface area contributed by atoms with Crippen molar-refractivity contribution < 1.29 is 5.11 Å². The normalized spacial score (nSPS) is 10.8. The molecule has 0 spiro atoms. The maximum atomic E-state index is 8.65. The van der Waals surface area contributed by atoms with Crippen LogP contribution in [0.15, 0.2) is 12.3 Å². The van der Waals surface area contributed by atoms with Crippen LogP contribution in [-0.4, -0.2) is 32.1 Å². The molecule has 2 aromatic rings. The number of hydrogen-bond donors (Lipinski definition) is 2. The Balaban J connectivity index is 2.26. The van der Waals surface area contributed by atoms with Crippen molar-refractivity contribution in [2.24, 2.45) is 0 Å². The van der Waals surface area contributed by atoms with Crippen LogP contribution in [-0.2, 0) is 6.42 Å². The fourth-order valence-corrected chi connectivity index (χ4v) is 1.20. The second kappa shape index (κ2) is 3.49. The quantitative estimate of drug-likeness (QED) is 0.707. The minimum atomic E-state index is 0.205. The third-order valence-corrected chi connectivity index (χ3v) is 1.85. The fourth-order valence-electron chi connectivity index (χ4n) is 1.20. The van der Waals surface area contributed by atoms with Crippen LogP contribution in [0.3, 0.4) is 0 Å². The van der Waals surface area contributed by atoms with Crippen LogP contribution < -0.4 is 0 Å². The van der Waals surface area contributed by atoms with Crippen LogP contribution >= 0.6 is 0 Å². The molecule has 0 saturated carbocycles. The summed E-state index contributed by atoms with van der Waals surface area (Å²) in [7, 11) is 0. The number of rotatable bonds is 3. The Hall–Kier alpha value is -1.49. The highest BCUT2D eigenvalue weighted by Gasteiger charge is 2.00. The van der Waals surface area contributed by atoms with E-state index in [1.807, 2.05) is 6.07 Å². The first-order valence-corrected chi connectivity index (χ1v) is 4.16. The van der Waals surface area contributed by atoms with Crippen molar-refractivity contribution in [3.05, 3.63) is 17.8 Å². The van der Waals surface area contributed by atoms with Crippen LogP contribution in [0, 0.1) is 0 Å². The van der Waals surface area contributed by atoms with Crippen molar-refractivity contribution in [1.29, 1.82) is 0 Å². The van der Waals surface area contributed by atoms with E-state index in [9.17, 15) is 0 Å². The van der Waals surface area contributed by atoms with Crippen molar-refractivity contribution in [3.63, 3.8) is 0 Å². The predicted octanol–water partition coefficient (Wildman–Crippen LogP) is 0.278. The summed E-state index contributed by atoms with van der Waals surface area (Å²) < 4.78 is 0. The van der Waals surface area contributed by atoms with Crippen LogP contribution in [0.4, 0.5) is 0 Å². The molecule has 2 aromatic heterocycles. The Morgan fingerprint density at radius 1 is 1.38 bits per heavy atom. The van der Waals surface area contributed by atoms with E-state index in [-0.39, 0.29) is 6.61 Å². The van der Waals surface area contributed by atoms with Gasteiger partial charge in [0.2, 0.25) is 5.65 Å². The van der Waals surface area contributed by atoms with Crippen molar-refractivity contribution in [2.45, 2.75) is 12.8 Å². The van der Waals surface area contributed by atoms with Gasteiger partial charge in [0.25, 0.3) is 0 Å². The second-order valence-electron chi connectivity index (χ2n) is 2.84. The van der Waals surface area contributed by atoms with Gasteiger partial charge in [-0.1, -0.05) is 0 Å². The molecule has 0 fully saturated rings. The molecular weight excluding hydrogens is 168 g/mol. The number of hydrogen-bond acceptors (Lipinski definition) is 4. The molecule has 0 radical (unpaired) electrons. The molecule has 0 aromatic carbocycles. The largest absolute Gasteiger partial charge is 0.396 e. The first kappa shape index (κ1) is 8.12. The number of pyridine rings is 1. The van der Waals surface area contributed by atoms with E-state index in [1.165, 1.54) is 0 Å². The first-order valence-electron chi connectivity index (χ1n) is 4.16. The van der Waals surface area contributed by atoms with Gasteiger partial charge < -0.3 is 5.11 Å². The number of H-pyrrole nitrogens is 1. The minimum Gasteiger partial charge on any atom is -0.396 e. The molecule has 0 aliphatic rings. The lowest BCUT2D eigenvalue weighted by Crippen LogP contribution is -1.90. The van der Waals surface area contributed by atoms with Crippen molar-refractivity contribution in [1.82, 2.24) is 20.4 Å². The lowest BCUT2D eigenvalue weighted by molar-refractivity contribution is 0.288. The summed E-state index contributed by atoms with van der Waals surface area (Å²) in [6.45, 7) is 0.205. The predicted molar refractivity (Wildman–Crippen MR) is 47.1 cm³/mol. The Morgan fingerprint density at radius 3 is 3.15 bits per heavy atom. The topological polar surface area (TPSA) is 74.7 Å². The molecule has 0 aliphatic carbocycles. The van der Waals surface area contributed by atoms with Gasteiger partial charge in [-0.05, 0) is 24.5 Å². The molecule has 0 atom stereocenters. The van der Waals surface area contributed by atoms with Gasteiger partial charge in [-0.25, -0.2) is 4.98 Å². The zero-order valence-electron chi connectivity index (χ0n) is 7.06. The molecule has 0 saturated heterocycles. The second-order valence-corrected chi connectivity index (χ2v) is 2.84. The van der Waals surface area contributed by atoms with Gasteiger partial charge in [-0.2, -0.15) is 10.3 Å². The summed E-state index contributed by atoms with van der Waals surface area (Å²) in [5.74, 6) is 0. The van der Waals surface area contributed by atoms with Gasteiger partial charge in [0, 0.05) is 12.8 Å². The third kappa shape index (κ3) is 1.65. The van der Waals surface area contributed by atoms with Crippen LogP contribution in [0.25, 0.3) is 11.2 Å². The van der Waals surface area contributed by atoms with E-state index in [2.05, 4.69) is 20.4 Å². The highest BCUT2D eigenvalue weighted by molar-refractivity contribution is 5.68. The number of aryl methyl sites for hydroxylation is 1. The number of aromatic nitrogens is 4. The number of fused-ring (bicyclic) bond motifs is 1. The lowest BCUT2D eigenvalue weighted by atomic mass is 10.1. The van der Waals surface area contributed by atoms with E-state index in [1.54, 1.807) is 6.20 Å². The number of aliphatic hydroxyl groups excluding tert-OH is 1. The third-order valence-electron chi connectivity index (χ3n) is 1.85. The Kier molecular flexibility index (Phi) is 2.18. The van der Waals surface area contributed by atoms with Gasteiger partial charge in [0.1, 0.15) is 5.52 Å². The fraction of sp³-hybridized carbons (Fsp3) is 0.375. The van der Waals surface area contributed by atoms with Crippen molar-refractivity contribution >= 4 is 11.2 Å². The van der Waals surface area contributed by atoms with Crippen LogP contribution in [0.5, 0.6) is 0 Å². The van der Waals surface area contributed by atoms with Gasteiger partial charge in [0.15, 0.2) is 0 Å². The van der Waals surface area contributed by atoms with Crippen LogP contribution in [0.1, 0.15) is 12.0 Å². The summed E-state index contributed by atoms with van der Waals surface area (Å²) in [5, 5.41) is 18.9. The highest BCUT2D eigenvalue weighted by Crippen LogP contribution is 2.08. The zero-order valence-corrected chi connectivity index (χ0v) is 7.06. The Morgan fingerprint density at radius 2 is 2.31 bits per heavy atom. The molecule has 13 heavy (non-hydrogen) atoms. The summed E-state index contributed by atoms with van der Waals surface area (Å²) >= 11 is 0. The molecule has 2 N–H and O–H groups in total. The molecule has 0 amide bonds. The minimum absolute atomic E-state index is 0.205. The number of nitrogens with zero attached hydrogens (tertiary/aromatic N) is 3. The zero-order chi connectivity index (χ0) is 9.10. The molecule has 0 aliphatic heterocycles. The Bertz CT molecular complexity index is 398. The van der Waals surface area contributed by atoms with E-state index in [0.29, 0.717) is 5.65 Å². The van der Waals surface area contributed by atoms with Gasteiger partial charge in [0.05, 0.1) is 0 Å². The average Bonchev–Trinajstić information content (AvgIpc) is 2.61. The van der Waals surface area contributed by atoms with E-state index >= 15 is 0 Å². The smallest absolute Gasteiger partial charge is 0.201 e. The Labute approximate surface area is 74.8 Å². The summed E-state index contributed by atoms with van der Waals surface area (Å²) in [6, 6.07) is 1.93. The average molecular weight is 178 g/mol. The summed E-state index contributed by atoms with van der Waals surface area (Å²) in [5.41, 5.74) is 2.48. The monoisotopic (exact) mass is 178 g/mol. The first-order chi connectivity index (χ1) is 6.40. The van der Waals surface area contributed by atoms with Crippen LogP contribution in [0.2, 0.25) is 0 Å². The number of aliphatic hydroxyl groups is 1. The standard InChI is InChI=1S/C8H10N4O/c13-3-1-2-6-4-7-8(9-5-6)11-12-10-7/h4-5,13H,1-3H2,(H,9,10,11,12). The highest BCUT2D eigenvalue weighted by atomic mass is 16.2. The molecule has 2 heterocycles. The van der Waals surface area contributed by atoms with E-state index in [4.69, 9.17) is 5.11 Å². The molecule has 68 valence electrons. The summed E-state index contributed by atoms with van der Waals surface area (Å²) in [4.78, 5) is 4.11. The van der Waals surface area contributed by atoms with E-state index in [0.717, 1.165) is 23.9 Å². The molecular formula is C8H10N4O. The molecule has 2 rings (SSSR count). The van der Waals surface area contributed by atoms with E-state index < -0.39 is 0 Å². The number of aromatic amines is 1. The maximum Gasteiger partial charge on any atom is 0.201 e. The molecule has 5 nitrogen and oxygen atoms in total. The molecule has 0 unspecified atom stereocenters. The van der Waals surface area contributed by atoms with Gasteiger partial charge >= 0.3 is 0 Å². The lowest BCUT2D eigenvalue weighted by Gasteiger charge is -1.96. The van der Waals surface area contributed by atoms with Gasteiger partial charge in [-0.15, -0.1) is 5.10 Å². The van der Waals surface area contributed by atoms with Crippen molar-refractivity contribution in [2.75, 3.05) is 6.61 Å². The summed E-state index contributed by atoms with van der Waals surface area (Å²) in [6.07, 6.45) is 3.35. The number of nitrogens with one attached hydrogen (secondary N) is 1. The molecule has 5 heteroatoms. The molecule has 0 bridgehead atoms. The van der Waals surface area contributed by atoms with Gasteiger partial charge in [-0.3, -0.25) is 0 Å². The maximum absolute atomic E-state index is 8.65.